The summed E-state index contributed by atoms with van der Waals surface area (Å²) in [7, 11) is 0. The molecule has 1 aliphatic heterocycles. The van der Waals surface area contributed by atoms with Crippen LogP contribution in [0.25, 0.3) is 11.4 Å². The van der Waals surface area contributed by atoms with Crippen molar-refractivity contribution in [3.63, 3.8) is 0 Å². The van der Waals surface area contributed by atoms with E-state index in [1.54, 1.807) is 30.3 Å². The Kier molecular flexibility index (Phi) is 5.33. The predicted octanol–water partition coefficient (Wildman–Crippen LogP) is 4.20. The monoisotopic (exact) mass is 386 g/mol. The molecule has 0 unspecified atom stereocenters. The van der Waals surface area contributed by atoms with Crippen molar-refractivity contribution in [2.45, 2.75) is 19.8 Å². The lowest BCUT2D eigenvalue weighted by atomic mass is 10.1. The zero-order valence-electron chi connectivity index (χ0n) is 16.3. The van der Waals surface area contributed by atoms with Crippen LogP contribution in [0, 0.1) is 0 Å². The highest BCUT2D eigenvalue weighted by Crippen LogP contribution is 2.24. The number of carbonyl (C=O) groups excluding carboxylic acids is 2. The number of carbonyl (C=O) groups is 2. The number of Topliss-reactive ketones (excluding diaryl/α,β-unsaturated/α-hetero) is 1. The maximum Gasteiger partial charge on any atom is 0.274 e. The molecule has 0 spiro atoms. The Labute approximate surface area is 169 Å². The van der Waals surface area contributed by atoms with E-state index >= 15 is 0 Å². The number of hydrogen-bond acceptors (Lipinski definition) is 5. The summed E-state index contributed by atoms with van der Waals surface area (Å²) in [5.41, 5.74) is 2.27. The van der Waals surface area contributed by atoms with Gasteiger partial charge in [0.1, 0.15) is 11.5 Å². The SMILES string of the molecule is CC(=O)c1cccc(NC(=O)c2cc(N3CCCC3)nc(-c3ccccc3)n2)c1. The van der Waals surface area contributed by atoms with Gasteiger partial charge in [0, 0.05) is 36.0 Å². The molecule has 1 fully saturated rings. The Morgan fingerprint density at radius 2 is 1.69 bits per heavy atom. The number of amides is 1. The third-order valence-electron chi connectivity index (χ3n) is 4.93. The molecular weight excluding hydrogens is 364 g/mol. The Morgan fingerprint density at radius 1 is 0.931 bits per heavy atom. The Bertz CT molecular complexity index is 1040. The average Bonchev–Trinajstić information content (AvgIpc) is 3.29. The maximum atomic E-state index is 12.9. The van der Waals surface area contributed by atoms with Crippen LogP contribution in [-0.2, 0) is 0 Å². The molecule has 0 atom stereocenters. The number of nitrogens with one attached hydrogen (secondary N) is 1. The summed E-state index contributed by atoms with van der Waals surface area (Å²) in [6.07, 6.45) is 2.23. The van der Waals surface area contributed by atoms with Crippen molar-refractivity contribution in [1.29, 1.82) is 0 Å². The number of rotatable bonds is 5. The van der Waals surface area contributed by atoms with Crippen molar-refractivity contribution in [1.82, 2.24) is 9.97 Å². The number of benzene rings is 2. The summed E-state index contributed by atoms with van der Waals surface area (Å²) in [6.45, 7) is 3.35. The van der Waals surface area contributed by atoms with E-state index in [0.29, 0.717) is 22.8 Å². The molecule has 1 aromatic heterocycles. The molecule has 1 saturated heterocycles. The van der Waals surface area contributed by atoms with Gasteiger partial charge in [0.15, 0.2) is 11.6 Å². The van der Waals surface area contributed by atoms with Crippen molar-refractivity contribution in [2.75, 3.05) is 23.3 Å². The summed E-state index contributed by atoms with van der Waals surface area (Å²) in [5, 5.41) is 2.85. The zero-order valence-corrected chi connectivity index (χ0v) is 16.3. The lowest BCUT2D eigenvalue weighted by molar-refractivity contribution is 0.100. The first-order chi connectivity index (χ1) is 14.1. The van der Waals surface area contributed by atoms with Crippen molar-refractivity contribution < 1.29 is 9.59 Å². The van der Waals surface area contributed by atoms with Gasteiger partial charge in [-0.25, -0.2) is 9.97 Å². The number of anilines is 2. The largest absolute Gasteiger partial charge is 0.356 e. The Balaban J connectivity index is 1.68. The fourth-order valence-corrected chi connectivity index (χ4v) is 3.39. The van der Waals surface area contributed by atoms with Crippen molar-refractivity contribution >= 4 is 23.2 Å². The van der Waals surface area contributed by atoms with Crippen LogP contribution in [0.4, 0.5) is 11.5 Å². The molecule has 0 aliphatic carbocycles. The van der Waals surface area contributed by atoms with E-state index in [-0.39, 0.29) is 11.7 Å². The fraction of sp³-hybridized carbons (Fsp3) is 0.217. The van der Waals surface area contributed by atoms with Gasteiger partial charge in [0.05, 0.1) is 0 Å². The molecule has 1 aliphatic rings. The summed E-state index contributed by atoms with van der Waals surface area (Å²) in [6, 6.07) is 18.3. The zero-order chi connectivity index (χ0) is 20.2. The smallest absolute Gasteiger partial charge is 0.274 e. The van der Waals surface area contributed by atoms with Crippen LogP contribution in [0.3, 0.4) is 0 Å². The van der Waals surface area contributed by atoms with Gasteiger partial charge >= 0.3 is 0 Å². The number of nitrogens with zero attached hydrogens (tertiary/aromatic N) is 3. The molecule has 29 heavy (non-hydrogen) atoms. The maximum absolute atomic E-state index is 12.9. The molecule has 0 bridgehead atoms. The van der Waals surface area contributed by atoms with E-state index < -0.39 is 0 Å². The van der Waals surface area contributed by atoms with Gasteiger partial charge in [0.25, 0.3) is 5.91 Å². The van der Waals surface area contributed by atoms with Gasteiger partial charge in [-0.1, -0.05) is 42.5 Å². The summed E-state index contributed by atoms with van der Waals surface area (Å²) in [4.78, 5) is 35.9. The van der Waals surface area contributed by atoms with Crippen LogP contribution in [-0.4, -0.2) is 34.7 Å². The van der Waals surface area contributed by atoms with Gasteiger partial charge in [-0.2, -0.15) is 0 Å². The van der Waals surface area contributed by atoms with Crippen molar-refractivity contribution in [2.24, 2.45) is 0 Å². The second-order valence-electron chi connectivity index (χ2n) is 7.09. The number of ketones is 1. The highest BCUT2D eigenvalue weighted by atomic mass is 16.2. The Hall–Kier alpha value is -3.54. The van der Waals surface area contributed by atoms with Crippen LogP contribution in [0.2, 0.25) is 0 Å². The number of hydrogen-bond donors (Lipinski definition) is 1. The lowest BCUT2D eigenvalue weighted by Gasteiger charge is -2.18. The third-order valence-corrected chi connectivity index (χ3v) is 4.93. The predicted molar refractivity (Wildman–Crippen MR) is 113 cm³/mol. The first kappa shape index (κ1) is 18.8. The molecule has 3 aromatic rings. The highest BCUT2D eigenvalue weighted by Gasteiger charge is 2.19. The molecule has 1 amide bonds. The third kappa shape index (κ3) is 4.32. The molecule has 0 saturated carbocycles. The van der Waals surface area contributed by atoms with Gasteiger partial charge in [-0.15, -0.1) is 0 Å². The molecule has 0 radical (unpaired) electrons. The van der Waals surface area contributed by atoms with Gasteiger partial charge in [-0.05, 0) is 31.9 Å². The minimum atomic E-state index is -0.328. The first-order valence-electron chi connectivity index (χ1n) is 9.72. The van der Waals surface area contributed by atoms with E-state index in [4.69, 9.17) is 4.98 Å². The molecule has 2 aromatic carbocycles. The second kappa shape index (κ2) is 8.22. The Morgan fingerprint density at radius 3 is 2.41 bits per heavy atom. The molecule has 1 N–H and O–H groups in total. The van der Waals surface area contributed by atoms with Gasteiger partial charge in [-0.3, -0.25) is 9.59 Å². The van der Waals surface area contributed by atoms with Gasteiger partial charge < -0.3 is 10.2 Å². The molecular formula is C23H22N4O2. The van der Waals surface area contributed by atoms with Crippen molar-refractivity contribution in [3.8, 4) is 11.4 Å². The molecule has 4 rings (SSSR count). The topological polar surface area (TPSA) is 75.2 Å². The minimum absolute atomic E-state index is 0.0502. The van der Waals surface area contributed by atoms with Crippen molar-refractivity contribution in [3.05, 3.63) is 71.9 Å². The van der Waals surface area contributed by atoms with Crippen LogP contribution in [0.15, 0.2) is 60.7 Å². The van der Waals surface area contributed by atoms with E-state index in [1.165, 1.54) is 6.92 Å². The van der Waals surface area contributed by atoms with Gasteiger partial charge in [0.2, 0.25) is 0 Å². The van der Waals surface area contributed by atoms with Crippen LogP contribution in [0.5, 0.6) is 0 Å². The first-order valence-corrected chi connectivity index (χ1v) is 9.72. The molecule has 2 heterocycles. The van der Waals surface area contributed by atoms with E-state index in [9.17, 15) is 9.59 Å². The van der Waals surface area contributed by atoms with Crippen LogP contribution in [0.1, 0.15) is 40.6 Å². The fourth-order valence-electron chi connectivity index (χ4n) is 3.39. The van der Waals surface area contributed by atoms with E-state index in [2.05, 4.69) is 15.2 Å². The highest BCUT2D eigenvalue weighted by molar-refractivity contribution is 6.04. The van der Waals surface area contributed by atoms with Crippen LogP contribution < -0.4 is 10.2 Å². The number of aromatic nitrogens is 2. The second-order valence-corrected chi connectivity index (χ2v) is 7.09. The lowest BCUT2D eigenvalue weighted by Crippen LogP contribution is -2.22. The molecule has 6 heteroatoms. The standard InChI is InChI=1S/C23H22N4O2/c1-16(28)18-10-7-11-19(14-18)24-23(29)20-15-21(27-12-5-6-13-27)26-22(25-20)17-8-3-2-4-9-17/h2-4,7-11,14-15H,5-6,12-13H2,1H3,(H,24,29). The molecule has 6 nitrogen and oxygen atoms in total. The van der Waals surface area contributed by atoms with Crippen LogP contribution >= 0.6 is 0 Å². The average molecular weight is 386 g/mol. The summed E-state index contributed by atoms with van der Waals surface area (Å²) >= 11 is 0. The summed E-state index contributed by atoms with van der Waals surface area (Å²) in [5.74, 6) is 0.910. The quantitative estimate of drug-likeness (QED) is 0.665. The molecule has 146 valence electrons. The van der Waals surface area contributed by atoms with E-state index in [1.807, 2.05) is 30.3 Å². The van der Waals surface area contributed by atoms with E-state index in [0.717, 1.165) is 37.3 Å². The normalized spacial score (nSPS) is 13.3. The summed E-state index contributed by atoms with van der Waals surface area (Å²) < 4.78 is 0. The minimum Gasteiger partial charge on any atom is -0.356 e.